The van der Waals surface area contributed by atoms with Gasteiger partial charge >= 0.3 is 0 Å². The smallest absolute Gasteiger partial charge is 0.0113 e. The first-order valence-corrected chi connectivity index (χ1v) is 7.78. The van der Waals surface area contributed by atoms with E-state index in [1.54, 1.807) is 0 Å². The molecule has 0 aromatic heterocycles. The summed E-state index contributed by atoms with van der Waals surface area (Å²) >= 11 is 0. The Labute approximate surface area is 112 Å². The van der Waals surface area contributed by atoms with Crippen LogP contribution in [-0.4, -0.2) is 73.6 Å². The Kier molecular flexibility index (Phi) is 3.65. The molecule has 2 aliphatic heterocycles. The second-order valence-corrected chi connectivity index (χ2v) is 7.07. The standard InChI is InChI=1S/C15H29N3/c1-12(2)18-6-4-17(5-7-18)11-15-13-8-14(15)10-16(3)9-13/h12-15H,4-11H2,1-3H3. The number of likely N-dealkylation sites (tertiary alicyclic amines) is 1. The lowest BCUT2D eigenvalue weighted by molar-refractivity contribution is -0.0545. The first kappa shape index (κ1) is 12.9. The van der Waals surface area contributed by atoms with Crippen molar-refractivity contribution in [2.75, 3.05) is 52.9 Å². The molecule has 2 bridgehead atoms. The molecular weight excluding hydrogens is 222 g/mol. The van der Waals surface area contributed by atoms with Gasteiger partial charge in [-0.25, -0.2) is 0 Å². The summed E-state index contributed by atoms with van der Waals surface area (Å²) in [5.74, 6) is 3.04. The highest BCUT2D eigenvalue weighted by Gasteiger charge is 2.45. The second kappa shape index (κ2) is 5.10. The Morgan fingerprint density at radius 2 is 1.61 bits per heavy atom. The fraction of sp³-hybridized carbons (Fsp3) is 1.00. The van der Waals surface area contributed by atoms with Gasteiger partial charge in [0, 0.05) is 51.9 Å². The summed E-state index contributed by atoms with van der Waals surface area (Å²) in [7, 11) is 2.29. The van der Waals surface area contributed by atoms with Crippen molar-refractivity contribution in [3.8, 4) is 0 Å². The van der Waals surface area contributed by atoms with Gasteiger partial charge in [0.05, 0.1) is 0 Å². The molecule has 0 spiro atoms. The van der Waals surface area contributed by atoms with E-state index >= 15 is 0 Å². The van der Waals surface area contributed by atoms with Crippen molar-refractivity contribution in [2.24, 2.45) is 17.8 Å². The average Bonchev–Trinajstić information content (AvgIpc) is 2.36. The van der Waals surface area contributed by atoms with Gasteiger partial charge < -0.3 is 9.80 Å². The summed E-state index contributed by atoms with van der Waals surface area (Å²) in [6.45, 7) is 13.9. The summed E-state index contributed by atoms with van der Waals surface area (Å²) in [4.78, 5) is 7.88. The molecular formula is C15H29N3. The van der Waals surface area contributed by atoms with E-state index in [1.807, 2.05) is 0 Å². The average molecular weight is 251 g/mol. The number of hydrogen-bond donors (Lipinski definition) is 0. The summed E-state index contributed by atoms with van der Waals surface area (Å²) in [6.07, 6.45) is 1.51. The van der Waals surface area contributed by atoms with Gasteiger partial charge in [-0.1, -0.05) is 0 Å². The van der Waals surface area contributed by atoms with E-state index in [0.29, 0.717) is 0 Å². The maximum atomic E-state index is 2.73. The van der Waals surface area contributed by atoms with Gasteiger partial charge in [-0.05, 0) is 45.1 Å². The quantitative estimate of drug-likeness (QED) is 0.746. The van der Waals surface area contributed by atoms with Crippen LogP contribution in [0.15, 0.2) is 0 Å². The molecule has 3 fully saturated rings. The summed E-state index contributed by atoms with van der Waals surface area (Å²) in [5.41, 5.74) is 0. The molecule has 3 nitrogen and oxygen atoms in total. The van der Waals surface area contributed by atoms with Crippen molar-refractivity contribution in [2.45, 2.75) is 26.3 Å². The van der Waals surface area contributed by atoms with E-state index in [1.165, 1.54) is 52.2 Å². The van der Waals surface area contributed by atoms with Crippen LogP contribution in [0.4, 0.5) is 0 Å². The third-order valence-electron chi connectivity index (χ3n) is 5.52. The molecule has 3 heteroatoms. The Morgan fingerprint density at radius 3 is 2.17 bits per heavy atom. The molecule has 2 atom stereocenters. The highest BCUT2D eigenvalue weighted by Crippen LogP contribution is 2.45. The van der Waals surface area contributed by atoms with Crippen LogP contribution in [0.3, 0.4) is 0 Å². The molecule has 0 radical (unpaired) electrons. The van der Waals surface area contributed by atoms with Crippen LogP contribution in [0, 0.1) is 17.8 Å². The van der Waals surface area contributed by atoms with Crippen LogP contribution >= 0.6 is 0 Å². The van der Waals surface area contributed by atoms with Crippen LogP contribution in [0.2, 0.25) is 0 Å². The molecule has 1 saturated carbocycles. The largest absolute Gasteiger partial charge is 0.306 e. The normalized spacial score (nSPS) is 39.0. The monoisotopic (exact) mass is 251 g/mol. The van der Waals surface area contributed by atoms with Crippen LogP contribution in [-0.2, 0) is 0 Å². The lowest BCUT2D eigenvalue weighted by atomic mass is 9.61. The first-order valence-electron chi connectivity index (χ1n) is 7.78. The zero-order chi connectivity index (χ0) is 12.7. The maximum absolute atomic E-state index is 2.73. The minimum Gasteiger partial charge on any atom is -0.306 e. The molecule has 0 N–H and O–H groups in total. The molecule has 2 heterocycles. The van der Waals surface area contributed by atoms with Crippen molar-refractivity contribution >= 4 is 0 Å². The summed E-state index contributed by atoms with van der Waals surface area (Å²) in [5, 5.41) is 0. The van der Waals surface area contributed by atoms with Crippen molar-refractivity contribution in [1.29, 1.82) is 0 Å². The number of rotatable bonds is 3. The van der Waals surface area contributed by atoms with E-state index in [0.717, 1.165) is 23.8 Å². The molecule has 0 aromatic carbocycles. The molecule has 2 unspecified atom stereocenters. The fourth-order valence-corrected chi connectivity index (χ4v) is 4.28. The third kappa shape index (κ3) is 2.45. The summed E-state index contributed by atoms with van der Waals surface area (Å²) in [6, 6.07) is 0.726. The molecule has 0 aromatic rings. The SMILES string of the molecule is CC(C)N1CCN(CC2C3CC2CN(C)C3)CC1. The van der Waals surface area contributed by atoms with Gasteiger partial charge in [-0.15, -0.1) is 0 Å². The molecule has 3 aliphatic rings. The van der Waals surface area contributed by atoms with E-state index in [4.69, 9.17) is 0 Å². The van der Waals surface area contributed by atoms with E-state index < -0.39 is 0 Å². The molecule has 1 aliphatic carbocycles. The van der Waals surface area contributed by atoms with E-state index in [9.17, 15) is 0 Å². The number of piperazine rings is 1. The van der Waals surface area contributed by atoms with Gasteiger partial charge in [0.1, 0.15) is 0 Å². The predicted octanol–water partition coefficient (Wildman–Crippen LogP) is 1.21. The Hall–Kier alpha value is -0.120. The van der Waals surface area contributed by atoms with Crippen LogP contribution in [0.1, 0.15) is 20.3 Å². The number of piperidine rings is 2. The summed E-state index contributed by atoms with van der Waals surface area (Å²) < 4.78 is 0. The van der Waals surface area contributed by atoms with Crippen molar-refractivity contribution in [3.05, 3.63) is 0 Å². The topological polar surface area (TPSA) is 9.72 Å². The third-order valence-corrected chi connectivity index (χ3v) is 5.52. The highest BCUT2D eigenvalue weighted by atomic mass is 15.3. The minimum absolute atomic E-state index is 0.726. The molecule has 0 amide bonds. The van der Waals surface area contributed by atoms with Gasteiger partial charge in [0.25, 0.3) is 0 Å². The predicted molar refractivity (Wildman–Crippen MR) is 75.7 cm³/mol. The van der Waals surface area contributed by atoms with Gasteiger partial charge in [0.2, 0.25) is 0 Å². The second-order valence-electron chi connectivity index (χ2n) is 7.07. The van der Waals surface area contributed by atoms with E-state index in [2.05, 4.69) is 35.6 Å². The van der Waals surface area contributed by atoms with Crippen molar-refractivity contribution < 1.29 is 0 Å². The number of hydrogen-bond acceptors (Lipinski definition) is 3. The molecule has 3 rings (SSSR count). The minimum atomic E-state index is 0.726. The molecule has 104 valence electrons. The Balaban J connectivity index is 1.45. The van der Waals surface area contributed by atoms with Crippen molar-refractivity contribution in [3.63, 3.8) is 0 Å². The first-order chi connectivity index (χ1) is 8.63. The lowest BCUT2D eigenvalue weighted by Crippen LogP contribution is -2.58. The van der Waals surface area contributed by atoms with Crippen LogP contribution < -0.4 is 0 Å². The fourth-order valence-electron chi connectivity index (χ4n) is 4.28. The van der Waals surface area contributed by atoms with Crippen LogP contribution in [0.5, 0.6) is 0 Å². The van der Waals surface area contributed by atoms with Gasteiger partial charge in [-0.2, -0.15) is 0 Å². The zero-order valence-corrected chi connectivity index (χ0v) is 12.3. The lowest BCUT2D eigenvalue weighted by Gasteiger charge is -2.54. The zero-order valence-electron chi connectivity index (χ0n) is 12.3. The van der Waals surface area contributed by atoms with Gasteiger partial charge in [-0.3, -0.25) is 4.90 Å². The Bertz CT molecular complexity index is 271. The van der Waals surface area contributed by atoms with Crippen LogP contribution in [0.25, 0.3) is 0 Å². The molecule has 2 saturated heterocycles. The number of nitrogens with zero attached hydrogens (tertiary/aromatic N) is 3. The maximum Gasteiger partial charge on any atom is 0.0113 e. The number of fused-ring (bicyclic) bond motifs is 2. The van der Waals surface area contributed by atoms with E-state index in [-0.39, 0.29) is 0 Å². The van der Waals surface area contributed by atoms with Crippen molar-refractivity contribution in [1.82, 2.24) is 14.7 Å². The molecule has 18 heavy (non-hydrogen) atoms. The highest BCUT2D eigenvalue weighted by molar-refractivity contribution is 4.97. The Morgan fingerprint density at radius 1 is 1.00 bits per heavy atom. The van der Waals surface area contributed by atoms with Gasteiger partial charge in [0.15, 0.2) is 0 Å².